The number of hydrogen-bond acceptors (Lipinski definition) is 3. The zero-order valence-electron chi connectivity index (χ0n) is 11.6. The lowest BCUT2D eigenvalue weighted by atomic mass is 10.2. The van der Waals surface area contributed by atoms with Crippen molar-refractivity contribution in [2.75, 3.05) is 11.9 Å². The number of rotatable bonds is 4. The van der Waals surface area contributed by atoms with Crippen LogP contribution in [0.25, 0.3) is 0 Å². The van der Waals surface area contributed by atoms with E-state index >= 15 is 0 Å². The van der Waals surface area contributed by atoms with Crippen LogP contribution in [0.15, 0.2) is 36.7 Å². The Morgan fingerprint density at radius 2 is 2.05 bits per heavy atom. The molecule has 0 aliphatic rings. The minimum atomic E-state index is -1.10. The lowest BCUT2D eigenvalue weighted by molar-refractivity contribution is 0.364. The first-order valence-electron chi connectivity index (χ1n) is 6.60. The molecule has 1 aromatic carbocycles. The Morgan fingerprint density at radius 1 is 1.29 bits per heavy atom. The molecule has 1 atom stereocenters. The van der Waals surface area contributed by atoms with Crippen molar-refractivity contribution in [2.24, 2.45) is 0 Å². The standard InChI is InChI=1S/C16H15FIN3/c1-12(17)15-14(18)16(21-11-20-15)19-10-6-5-9-13-7-3-2-4-8-13/h2-4,7-8,11-12H,6,10H2,1H3,(H,19,20,21). The number of halogens is 2. The minimum absolute atomic E-state index is 0.420. The van der Waals surface area contributed by atoms with Crippen molar-refractivity contribution in [2.45, 2.75) is 19.5 Å². The van der Waals surface area contributed by atoms with E-state index in [4.69, 9.17) is 0 Å². The van der Waals surface area contributed by atoms with E-state index in [9.17, 15) is 4.39 Å². The van der Waals surface area contributed by atoms with Gasteiger partial charge in [-0.2, -0.15) is 0 Å². The molecule has 1 heterocycles. The number of benzene rings is 1. The van der Waals surface area contributed by atoms with Crippen molar-refractivity contribution in [3.63, 3.8) is 0 Å². The maximum Gasteiger partial charge on any atom is 0.143 e. The van der Waals surface area contributed by atoms with Crippen LogP contribution >= 0.6 is 22.6 Å². The maximum absolute atomic E-state index is 13.4. The third kappa shape index (κ3) is 4.67. The number of anilines is 1. The molecule has 0 aliphatic heterocycles. The summed E-state index contributed by atoms with van der Waals surface area (Å²) in [6.45, 7) is 2.13. The highest BCUT2D eigenvalue weighted by Gasteiger charge is 2.13. The SMILES string of the molecule is CC(F)c1ncnc(NCCC#Cc2ccccc2)c1I. The van der Waals surface area contributed by atoms with Crippen molar-refractivity contribution < 1.29 is 4.39 Å². The topological polar surface area (TPSA) is 37.8 Å². The Labute approximate surface area is 137 Å². The number of nitrogens with zero attached hydrogens (tertiary/aromatic N) is 2. The summed E-state index contributed by atoms with van der Waals surface area (Å²) in [5.74, 6) is 6.85. The first kappa shape index (κ1) is 15.7. The lowest BCUT2D eigenvalue weighted by Crippen LogP contribution is -2.07. The molecule has 1 unspecified atom stereocenters. The van der Waals surface area contributed by atoms with E-state index in [0.29, 0.717) is 24.5 Å². The molecule has 5 heteroatoms. The third-order valence-corrected chi connectivity index (χ3v) is 3.81. The van der Waals surface area contributed by atoms with E-state index in [1.165, 1.54) is 13.3 Å². The summed E-state index contributed by atoms with van der Waals surface area (Å²) >= 11 is 2.06. The van der Waals surface area contributed by atoms with Crippen molar-refractivity contribution in [3.05, 3.63) is 51.5 Å². The van der Waals surface area contributed by atoms with Crippen molar-refractivity contribution >= 4 is 28.4 Å². The predicted octanol–water partition coefficient (Wildman–Crippen LogP) is 3.97. The first-order chi connectivity index (χ1) is 10.2. The Hall–Kier alpha value is -1.68. The van der Waals surface area contributed by atoms with Gasteiger partial charge < -0.3 is 5.32 Å². The minimum Gasteiger partial charge on any atom is -0.368 e. The van der Waals surface area contributed by atoms with Crippen LogP contribution in [0.2, 0.25) is 0 Å². The van der Waals surface area contributed by atoms with Gasteiger partial charge in [0.2, 0.25) is 0 Å². The quantitative estimate of drug-likeness (QED) is 0.484. The highest BCUT2D eigenvalue weighted by molar-refractivity contribution is 14.1. The smallest absolute Gasteiger partial charge is 0.143 e. The molecule has 2 aromatic rings. The van der Waals surface area contributed by atoms with E-state index < -0.39 is 6.17 Å². The largest absolute Gasteiger partial charge is 0.368 e. The van der Waals surface area contributed by atoms with Gasteiger partial charge in [0, 0.05) is 18.5 Å². The van der Waals surface area contributed by atoms with Crippen LogP contribution in [0.1, 0.15) is 30.8 Å². The average molecular weight is 395 g/mol. The van der Waals surface area contributed by atoms with Gasteiger partial charge in [-0.25, -0.2) is 14.4 Å². The summed E-state index contributed by atoms with van der Waals surface area (Å²) in [6.07, 6.45) is 0.972. The molecular formula is C16H15FIN3. The Bertz CT molecular complexity index is 648. The predicted molar refractivity (Wildman–Crippen MR) is 90.7 cm³/mol. The molecular weight excluding hydrogens is 380 g/mol. The Morgan fingerprint density at radius 3 is 2.76 bits per heavy atom. The molecule has 21 heavy (non-hydrogen) atoms. The fraction of sp³-hybridized carbons (Fsp3) is 0.250. The maximum atomic E-state index is 13.4. The van der Waals surface area contributed by atoms with E-state index in [1.807, 2.05) is 30.3 Å². The van der Waals surface area contributed by atoms with E-state index in [2.05, 4.69) is 49.7 Å². The van der Waals surface area contributed by atoms with Crippen molar-refractivity contribution in [1.29, 1.82) is 0 Å². The number of alkyl halides is 1. The Kier molecular flexibility index (Phi) is 5.93. The second kappa shape index (κ2) is 7.93. The van der Waals surface area contributed by atoms with Gasteiger partial charge in [0.05, 0.1) is 9.26 Å². The molecule has 0 fully saturated rings. The fourth-order valence-corrected chi connectivity index (χ4v) is 2.61. The first-order valence-corrected chi connectivity index (χ1v) is 7.68. The van der Waals surface area contributed by atoms with Gasteiger partial charge >= 0.3 is 0 Å². The van der Waals surface area contributed by atoms with Crippen LogP contribution in [0.4, 0.5) is 10.2 Å². The van der Waals surface area contributed by atoms with Crippen molar-refractivity contribution in [1.82, 2.24) is 9.97 Å². The zero-order valence-corrected chi connectivity index (χ0v) is 13.8. The summed E-state index contributed by atoms with van der Waals surface area (Å²) in [5, 5.41) is 3.17. The summed E-state index contributed by atoms with van der Waals surface area (Å²) in [6, 6.07) is 9.84. The molecule has 0 bridgehead atoms. The fourth-order valence-electron chi connectivity index (χ4n) is 1.71. The van der Waals surface area contributed by atoms with Crippen molar-refractivity contribution in [3.8, 4) is 11.8 Å². The van der Waals surface area contributed by atoms with Crippen LogP contribution < -0.4 is 5.32 Å². The van der Waals surface area contributed by atoms with E-state index in [-0.39, 0.29) is 0 Å². The molecule has 0 saturated carbocycles. The van der Waals surface area contributed by atoms with Crippen LogP contribution in [0.3, 0.4) is 0 Å². The molecule has 0 spiro atoms. The van der Waals surface area contributed by atoms with Crippen LogP contribution in [-0.4, -0.2) is 16.5 Å². The molecule has 2 rings (SSSR count). The molecule has 108 valence electrons. The zero-order chi connectivity index (χ0) is 15.1. The third-order valence-electron chi connectivity index (χ3n) is 2.74. The van der Waals surface area contributed by atoms with Gasteiger partial charge in [-0.3, -0.25) is 0 Å². The molecule has 0 amide bonds. The van der Waals surface area contributed by atoms with Gasteiger partial charge in [0.15, 0.2) is 0 Å². The summed E-state index contributed by atoms with van der Waals surface area (Å²) in [7, 11) is 0. The van der Waals surface area contributed by atoms with Crippen LogP contribution in [0.5, 0.6) is 0 Å². The summed E-state index contributed by atoms with van der Waals surface area (Å²) < 4.78 is 14.1. The van der Waals surface area contributed by atoms with Gasteiger partial charge in [0.1, 0.15) is 18.3 Å². The monoisotopic (exact) mass is 395 g/mol. The average Bonchev–Trinajstić information content (AvgIpc) is 2.49. The van der Waals surface area contributed by atoms with Crippen LogP contribution in [-0.2, 0) is 0 Å². The molecule has 0 radical (unpaired) electrons. The molecule has 0 aliphatic carbocycles. The van der Waals surface area contributed by atoms with Gasteiger partial charge in [-0.05, 0) is 41.6 Å². The highest BCUT2D eigenvalue weighted by Crippen LogP contribution is 2.24. The van der Waals surface area contributed by atoms with Gasteiger partial charge in [0.25, 0.3) is 0 Å². The molecule has 0 saturated heterocycles. The number of aromatic nitrogens is 2. The summed E-state index contributed by atoms with van der Waals surface area (Å²) in [5.41, 5.74) is 1.42. The summed E-state index contributed by atoms with van der Waals surface area (Å²) in [4.78, 5) is 8.09. The van der Waals surface area contributed by atoms with Crippen LogP contribution in [0, 0.1) is 15.4 Å². The number of hydrogen-bond donors (Lipinski definition) is 1. The van der Waals surface area contributed by atoms with E-state index in [1.54, 1.807) is 0 Å². The second-order valence-corrected chi connectivity index (χ2v) is 5.46. The van der Waals surface area contributed by atoms with Gasteiger partial charge in [-0.1, -0.05) is 30.0 Å². The van der Waals surface area contributed by atoms with E-state index in [0.717, 1.165) is 9.13 Å². The highest BCUT2D eigenvalue weighted by atomic mass is 127. The number of nitrogens with one attached hydrogen (secondary N) is 1. The molecule has 1 N–H and O–H groups in total. The van der Waals surface area contributed by atoms with Gasteiger partial charge in [-0.15, -0.1) is 0 Å². The molecule has 3 nitrogen and oxygen atoms in total. The molecule has 1 aromatic heterocycles. The Balaban J connectivity index is 1.90. The second-order valence-electron chi connectivity index (χ2n) is 4.38. The normalized spacial score (nSPS) is 11.4. The lowest BCUT2D eigenvalue weighted by Gasteiger charge is -2.09.